The number of nitrogens with one attached hydrogen (secondary N) is 2. The van der Waals surface area contributed by atoms with E-state index >= 15 is 0 Å². The molecule has 1 amide bonds. The Morgan fingerprint density at radius 2 is 1.94 bits per heavy atom. The molecule has 0 radical (unpaired) electrons. The van der Waals surface area contributed by atoms with Crippen LogP contribution >= 0.6 is 23.3 Å². The maximum atomic E-state index is 11.9. The average Bonchev–Trinajstić information content (AvgIpc) is 3.31. The van der Waals surface area contributed by atoms with Crippen LogP contribution in [0.3, 0.4) is 0 Å². The van der Waals surface area contributed by atoms with E-state index in [4.69, 9.17) is 21.7 Å². The third-order valence-corrected chi connectivity index (χ3v) is 7.23. The maximum absolute atomic E-state index is 11.9. The number of amides is 1. The van der Waals surface area contributed by atoms with Gasteiger partial charge in [0.05, 0.1) is 16.3 Å². The van der Waals surface area contributed by atoms with E-state index in [0.29, 0.717) is 18.5 Å². The van der Waals surface area contributed by atoms with Crippen LogP contribution in [-0.2, 0) is 11.2 Å². The number of rotatable bonds is 10. The van der Waals surface area contributed by atoms with Gasteiger partial charge >= 0.3 is 0 Å². The summed E-state index contributed by atoms with van der Waals surface area (Å²) >= 11 is 3.12. The van der Waals surface area contributed by atoms with Crippen LogP contribution in [0.5, 0.6) is 0 Å². The van der Waals surface area contributed by atoms with Crippen molar-refractivity contribution in [1.82, 2.24) is 9.71 Å². The van der Waals surface area contributed by atoms with Gasteiger partial charge in [-0.3, -0.25) is 4.79 Å². The first-order valence-electron chi connectivity index (χ1n) is 11.0. The lowest BCUT2D eigenvalue weighted by Gasteiger charge is -2.17. The molecule has 10 heteroatoms. The minimum Gasteiger partial charge on any atom is -0.409 e. The van der Waals surface area contributed by atoms with Crippen molar-refractivity contribution in [2.75, 3.05) is 11.9 Å². The lowest BCUT2D eigenvalue weighted by molar-refractivity contribution is -0.116. The fraction of sp³-hybridized carbons (Fsp3) is 0.160. The zero-order valence-corrected chi connectivity index (χ0v) is 20.5. The topological polar surface area (TPSA) is 139 Å². The number of benzene rings is 3. The molecule has 1 unspecified atom stereocenters. The van der Waals surface area contributed by atoms with Gasteiger partial charge in [0.15, 0.2) is 5.84 Å². The molecule has 4 rings (SSSR count). The Morgan fingerprint density at radius 3 is 2.74 bits per heavy atom. The minimum atomic E-state index is -0.111. The first kappa shape index (κ1) is 24.7. The Kier molecular flexibility index (Phi) is 8.32. The molecule has 0 saturated heterocycles. The molecular weight excluding hydrogens is 480 g/mol. The molecule has 4 aromatic rings. The maximum Gasteiger partial charge on any atom is 0.225 e. The van der Waals surface area contributed by atoms with Crippen LogP contribution in [0, 0.1) is 0 Å². The normalized spacial score (nSPS) is 12.5. The van der Waals surface area contributed by atoms with Crippen molar-refractivity contribution in [2.24, 2.45) is 16.6 Å². The number of amidine groups is 1. The molecule has 3 aromatic carbocycles. The van der Waals surface area contributed by atoms with Crippen molar-refractivity contribution in [2.45, 2.75) is 23.8 Å². The summed E-state index contributed by atoms with van der Waals surface area (Å²) < 4.78 is 4.67. The monoisotopic (exact) mass is 506 g/mol. The first-order valence-corrected chi connectivity index (χ1v) is 12.6. The van der Waals surface area contributed by atoms with E-state index < -0.39 is 0 Å². The number of para-hydroxylation sites is 1. The van der Waals surface area contributed by atoms with E-state index in [1.807, 2.05) is 60.7 Å². The van der Waals surface area contributed by atoms with Crippen molar-refractivity contribution < 1.29 is 10.0 Å². The van der Waals surface area contributed by atoms with Crippen molar-refractivity contribution >= 4 is 50.9 Å². The number of anilines is 1. The molecule has 0 fully saturated rings. The van der Waals surface area contributed by atoms with Gasteiger partial charge in [-0.15, -0.1) is 11.3 Å². The van der Waals surface area contributed by atoms with E-state index in [0.717, 1.165) is 31.4 Å². The van der Waals surface area contributed by atoms with Gasteiger partial charge < -0.3 is 22.0 Å². The summed E-state index contributed by atoms with van der Waals surface area (Å²) in [5, 5.41) is 16.0. The van der Waals surface area contributed by atoms with Gasteiger partial charge in [0.25, 0.3) is 0 Å². The molecule has 0 bridgehead atoms. The van der Waals surface area contributed by atoms with Gasteiger partial charge in [-0.2, -0.15) is 0 Å². The fourth-order valence-corrected chi connectivity index (χ4v) is 5.40. The highest BCUT2D eigenvalue weighted by molar-refractivity contribution is 7.97. The van der Waals surface area contributed by atoms with Crippen molar-refractivity contribution in [3.05, 3.63) is 88.9 Å². The smallest absolute Gasteiger partial charge is 0.225 e. The molecule has 180 valence electrons. The standard InChI is InChI=1S/C25H26N6O2S2/c26-12-11-23(32)28-18-7-4-8-19(15-18)35-31-21(25-29-20-9-1-2-10-22(20)34-25)14-16-5-3-6-17(13-16)24(27)30-33/h1-10,13,15,21,31,33H,11-12,14,26H2,(H2,27,30)(H,28,32). The number of nitrogens with zero attached hydrogens (tertiary/aromatic N) is 2. The number of carbonyl (C=O) groups excluding carboxylic acids is 1. The third-order valence-electron chi connectivity index (χ3n) is 5.19. The molecule has 0 spiro atoms. The summed E-state index contributed by atoms with van der Waals surface area (Å²) in [4.78, 5) is 17.7. The van der Waals surface area contributed by atoms with Crippen LogP contribution in [0.1, 0.15) is 28.6 Å². The zero-order valence-electron chi connectivity index (χ0n) is 18.8. The number of hydrogen-bond donors (Lipinski definition) is 5. The van der Waals surface area contributed by atoms with Crippen molar-refractivity contribution in [1.29, 1.82) is 0 Å². The van der Waals surface area contributed by atoms with E-state index in [-0.39, 0.29) is 24.2 Å². The SMILES string of the molecule is NCCC(=O)Nc1cccc(SNC(Cc2cccc(/C(N)=N\O)c2)c2nc3ccccc3s2)c1. The average molecular weight is 507 g/mol. The number of nitrogens with two attached hydrogens (primary N) is 2. The van der Waals surface area contributed by atoms with E-state index in [2.05, 4.69) is 21.3 Å². The Bertz CT molecular complexity index is 1310. The predicted octanol–water partition coefficient (Wildman–Crippen LogP) is 4.26. The van der Waals surface area contributed by atoms with E-state index in [1.54, 1.807) is 17.4 Å². The molecule has 0 aliphatic rings. The number of hydrogen-bond acceptors (Lipinski definition) is 8. The van der Waals surface area contributed by atoms with Gasteiger partial charge in [-0.1, -0.05) is 41.6 Å². The Labute approximate surface area is 211 Å². The third kappa shape index (κ3) is 6.58. The predicted molar refractivity (Wildman–Crippen MR) is 143 cm³/mol. The molecule has 0 aliphatic carbocycles. The molecule has 8 nitrogen and oxygen atoms in total. The quantitative estimate of drug-likeness (QED) is 0.0712. The fourth-order valence-electron chi connectivity index (χ4n) is 3.50. The highest BCUT2D eigenvalue weighted by Crippen LogP contribution is 2.31. The second-order valence-corrected chi connectivity index (χ2v) is 9.77. The van der Waals surface area contributed by atoms with Gasteiger partial charge in [0.1, 0.15) is 5.01 Å². The van der Waals surface area contributed by atoms with E-state index in [9.17, 15) is 4.79 Å². The summed E-state index contributed by atoms with van der Waals surface area (Å²) in [7, 11) is 0. The summed E-state index contributed by atoms with van der Waals surface area (Å²) in [6.07, 6.45) is 0.923. The summed E-state index contributed by atoms with van der Waals surface area (Å²) in [5.41, 5.74) is 14.6. The minimum absolute atomic E-state index is 0.0687. The number of carbonyl (C=O) groups is 1. The number of thiazole rings is 1. The Morgan fingerprint density at radius 1 is 1.11 bits per heavy atom. The number of fused-ring (bicyclic) bond motifs is 1. The molecule has 0 aliphatic heterocycles. The first-order chi connectivity index (χ1) is 17.1. The van der Waals surface area contributed by atoms with Crippen molar-refractivity contribution in [3.8, 4) is 0 Å². The lowest BCUT2D eigenvalue weighted by Crippen LogP contribution is -2.18. The molecule has 7 N–H and O–H groups in total. The van der Waals surface area contributed by atoms with Crippen LogP contribution in [0.25, 0.3) is 10.2 Å². The Hall–Kier alpha value is -3.44. The highest BCUT2D eigenvalue weighted by Gasteiger charge is 2.18. The molecule has 35 heavy (non-hydrogen) atoms. The Balaban J connectivity index is 1.56. The van der Waals surface area contributed by atoms with Crippen LogP contribution < -0.4 is 21.5 Å². The molecule has 1 aromatic heterocycles. The van der Waals surface area contributed by atoms with Crippen molar-refractivity contribution in [3.63, 3.8) is 0 Å². The molecule has 1 heterocycles. The molecular formula is C25H26N6O2S2. The van der Waals surface area contributed by atoms with Gasteiger partial charge in [-0.05, 0) is 60.3 Å². The number of oxime groups is 1. The van der Waals surface area contributed by atoms with Crippen LogP contribution in [0.2, 0.25) is 0 Å². The van der Waals surface area contributed by atoms with Crippen LogP contribution in [0.4, 0.5) is 5.69 Å². The van der Waals surface area contributed by atoms with Gasteiger partial charge in [-0.25, -0.2) is 9.71 Å². The largest absolute Gasteiger partial charge is 0.409 e. The zero-order chi connectivity index (χ0) is 24.6. The molecule has 0 saturated carbocycles. The molecule has 1 atom stereocenters. The van der Waals surface area contributed by atoms with E-state index in [1.165, 1.54) is 11.9 Å². The summed E-state index contributed by atoms with van der Waals surface area (Å²) in [5.74, 6) is -0.0419. The number of aromatic nitrogens is 1. The summed E-state index contributed by atoms with van der Waals surface area (Å²) in [6.45, 7) is 0.308. The summed E-state index contributed by atoms with van der Waals surface area (Å²) in [6, 6.07) is 23.2. The lowest BCUT2D eigenvalue weighted by atomic mass is 10.0. The van der Waals surface area contributed by atoms with Gasteiger partial charge in [0, 0.05) is 29.1 Å². The van der Waals surface area contributed by atoms with Crippen LogP contribution in [0.15, 0.2) is 82.8 Å². The highest BCUT2D eigenvalue weighted by atomic mass is 32.2. The second-order valence-electron chi connectivity index (χ2n) is 7.80. The van der Waals surface area contributed by atoms with Gasteiger partial charge in [0.2, 0.25) is 5.91 Å². The van der Waals surface area contributed by atoms with Crippen LogP contribution in [-0.4, -0.2) is 28.5 Å². The second kappa shape index (κ2) is 11.8.